The number of piperidine rings is 1. The summed E-state index contributed by atoms with van der Waals surface area (Å²) in [5.74, 6) is 2.19. The number of ether oxygens (including phenoxy) is 2. The van der Waals surface area contributed by atoms with Crippen LogP contribution in [0.2, 0.25) is 0 Å². The highest BCUT2D eigenvalue weighted by Crippen LogP contribution is 2.41. The Morgan fingerprint density at radius 3 is 2.03 bits per heavy atom. The van der Waals surface area contributed by atoms with Gasteiger partial charge in [0.15, 0.2) is 0 Å². The summed E-state index contributed by atoms with van der Waals surface area (Å²) in [7, 11) is 3.00. The number of methoxy groups -OCH3 is 2. The van der Waals surface area contributed by atoms with E-state index >= 15 is 0 Å². The lowest BCUT2D eigenvalue weighted by Gasteiger charge is -2.40. The average molecular weight is 468 g/mol. The molecule has 0 radical (unpaired) electrons. The maximum Gasteiger partial charge on any atom is 0.337 e. The number of hydrogen-bond acceptors (Lipinski definition) is 4. The zero-order valence-corrected chi connectivity index (χ0v) is 21.0. The summed E-state index contributed by atoms with van der Waals surface area (Å²) >= 11 is 0. The van der Waals surface area contributed by atoms with Crippen LogP contribution in [0.3, 0.4) is 0 Å². The largest absolute Gasteiger partial charge is 0.496 e. The first-order valence-electron chi connectivity index (χ1n) is 13.3. The molecule has 186 valence electrons. The summed E-state index contributed by atoms with van der Waals surface area (Å²) in [5.41, 5.74) is 2.78. The van der Waals surface area contributed by atoms with E-state index in [1.807, 2.05) is 6.07 Å². The van der Waals surface area contributed by atoms with E-state index in [2.05, 4.69) is 11.0 Å². The number of esters is 1. The number of rotatable bonds is 6. The summed E-state index contributed by atoms with van der Waals surface area (Å²) in [6.07, 6.45) is 16.8. The first-order chi connectivity index (χ1) is 16.6. The number of carbonyl (C=O) groups is 2. The number of amides is 1. The van der Waals surface area contributed by atoms with Crippen molar-refractivity contribution in [2.24, 2.45) is 17.8 Å². The summed E-state index contributed by atoms with van der Waals surface area (Å²) in [5, 5.41) is 0. The van der Waals surface area contributed by atoms with Crippen LogP contribution in [0.4, 0.5) is 0 Å². The monoisotopic (exact) mass is 467 g/mol. The molecule has 1 amide bonds. The molecule has 34 heavy (non-hydrogen) atoms. The number of benzene rings is 1. The van der Waals surface area contributed by atoms with E-state index in [1.165, 1.54) is 76.9 Å². The molecule has 0 unspecified atom stereocenters. The number of likely N-dealkylation sites (tertiary alicyclic amines) is 1. The molecule has 4 rings (SSSR count). The third-order valence-corrected chi connectivity index (χ3v) is 8.33. The van der Waals surface area contributed by atoms with Gasteiger partial charge >= 0.3 is 5.97 Å². The van der Waals surface area contributed by atoms with Gasteiger partial charge in [0.25, 0.3) is 0 Å². The van der Waals surface area contributed by atoms with Gasteiger partial charge in [-0.2, -0.15) is 0 Å². The first-order valence-corrected chi connectivity index (χ1v) is 13.3. The van der Waals surface area contributed by atoms with Gasteiger partial charge in [-0.3, -0.25) is 4.79 Å². The number of hydrogen-bond donors (Lipinski definition) is 0. The van der Waals surface area contributed by atoms with Crippen molar-refractivity contribution >= 4 is 18.0 Å². The fourth-order valence-corrected chi connectivity index (χ4v) is 6.44. The lowest BCUT2D eigenvalue weighted by atomic mass is 9.69. The SMILES string of the molecule is COC(=O)c1ccc(C=C2CCN(C(=O)C(C3CCCCC3)C3CCCCC3)CC2)c(OC)c1. The fourth-order valence-electron chi connectivity index (χ4n) is 6.44. The van der Waals surface area contributed by atoms with Crippen LogP contribution in [-0.2, 0) is 9.53 Å². The van der Waals surface area contributed by atoms with Gasteiger partial charge in [-0.05, 0) is 62.5 Å². The van der Waals surface area contributed by atoms with Gasteiger partial charge in [-0.15, -0.1) is 0 Å². The predicted molar refractivity (Wildman–Crippen MR) is 135 cm³/mol. The maximum atomic E-state index is 13.8. The minimum Gasteiger partial charge on any atom is -0.496 e. The van der Waals surface area contributed by atoms with E-state index in [9.17, 15) is 9.59 Å². The van der Waals surface area contributed by atoms with Crippen LogP contribution in [0.1, 0.15) is 93.0 Å². The van der Waals surface area contributed by atoms with E-state index in [-0.39, 0.29) is 11.9 Å². The first kappa shape index (κ1) is 24.8. The molecule has 0 N–H and O–H groups in total. The predicted octanol–water partition coefficient (Wildman–Crippen LogP) is 6.26. The minimum atomic E-state index is -0.366. The second-order valence-corrected chi connectivity index (χ2v) is 10.4. The van der Waals surface area contributed by atoms with Crippen molar-refractivity contribution < 1.29 is 19.1 Å². The highest BCUT2D eigenvalue weighted by molar-refractivity contribution is 5.90. The lowest BCUT2D eigenvalue weighted by molar-refractivity contribution is -0.141. The van der Waals surface area contributed by atoms with Crippen LogP contribution in [0.5, 0.6) is 5.75 Å². The Bertz CT molecular complexity index is 852. The lowest BCUT2D eigenvalue weighted by Crippen LogP contribution is -2.45. The Hall–Kier alpha value is -2.30. The van der Waals surface area contributed by atoms with E-state index in [0.717, 1.165) is 31.5 Å². The molecule has 2 aliphatic carbocycles. The molecule has 2 saturated carbocycles. The van der Waals surface area contributed by atoms with Gasteiger partial charge in [0.2, 0.25) is 5.91 Å². The van der Waals surface area contributed by atoms with Crippen molar-refractivity contribution in [3.63, 3.8) is 0 Å². The molecule has 5 nitrogen and oxygen atoms in total. The third kappa shape index (κ3) is 5.84. The zero-order chi connectivity index (χ0) is 23.9. The smallest absolute Gasteiger partial charge is 0.337 e. The van der Waals surface area contributed by atoms with Gasteiger partial charge < -0.3 is 14.4 Å². The standard InChI is InChI=1S/C29H41NO4/c1-33-26-20-25(29(32)34-2)14-13-24(26)19-21-15-17-30(18-16-21)28(31)27(22-9-5-3-6-10-22)23-11-7-4-8-12-23/h13-14,19-20,22-23,27H,3-12,15-18H2,1-2H3. The second kappa shape index (κ2) is 11.9. The van der Waals surface area contributed by atoms with Crippen molar-refractivity contribution in [2.45, 2.75) is 77.0 Å². The molecule has 5 heteroatoms. The Kier molecular flexibility index (Phi) is 8.69. The van der Waals surface area contributed by atoms with Crippen molar-refractivity contribution in [3.8, 4) is 5.75 Å². The Balaban J connectivity index is 1.43. The third-order valence-electron chi connectivity index (χ3n) is 8.33. The van der Waals surface area contributed by atoms with E-state index in [0.29, 0.717) is 29.1 Å². The summed E-state index contributed by atoms with van der Waals surface area (Å²) in [6.45, 7) is 1.62. The van der Waals surface area contributed by atoms with Crippen LogP contribution in [0, 0.1) is 17.8 Å². The summed E-state index contributed by atoms with van der Waals surface area (Å²) < 4.78 is 10.3. The molecule has 0 bridgehead atoms. The molecule has 1 aromatic carbocycles. The van der Waals surface area contributed by atoms with Crippen LogP contribution < -0.4 is 4.74 Å². The molecule has 1 aromatic rings. The van der Waals surface area contributed by atoms with Gasteiger partial charge in [-0.1, -0.05) is 56.2 Å². The van der Waals surface area contributed by atoms with Gasteiger partial charge in [0, 0.05) is 24.6 Å². The molecule has 0 spiro atoms. The average Bonchev–Trinajstić information content (AvgIpc) is 2.90. The van der Waals surface area contributed by atoms with Crippen molar-refractivity contribution in [1.82, 2.24) is 4.90 Å². The minimum absolute atomic E-state index is 0.247. The number of carbonyl (C=O) groups excluding carboxylic acids is 2. The molecule has 1 aliphatic heterocycles. The van der Waals surface area contributed by atoms with Gasteiger partial charge in [0.05, 0.1) is 19.8 Å². The fraction of sp³-hybridized carbons (Fsp3) is 0.655. The Morgan fingerprint density at radius 1 is 0.912 bits per heavy atom. The van der Waals surface area contributed by atoms with Crippen LogP contribution >= 0.6 is 0 Å². The van der Waals surface area contributed by atoms with Gasteiger partial charge in [0.1, 0.15) is 5.75 Å². The highest BCUT2D eigenvalue weighted by atomic mass is 16.5. The van der Waals surface area contributed by atoms with E-state index in [1.54, 1.807) is 19.2 Å². The zero-order valence-electron chi connectivity index (χ0n) is 21.0. The Labute approximate surface area is 204 Å². The van der Waals surface area contributed by atoms with Crippen molar-refractivity contribution in [1.29, 1.82) is 0 Å². The van der Waals surface area contributed by atoms with Crippen LogP contribution in [0.15, 0.2) is 23.8 Å². The molecule has 0 aromatic heterocycles. The quantitative estimate of drug-likeness (QED) is 0.463. The van der Waals surface area contributed by atoms with E-state index in [4.69, 9.17) is 9.47 Å². The number of nitrogens with zero attached hydrogens (tertiary/aromatic N) is 1. The molecule has 3 fully saturated rings. The van der Waals surface area contributed by atoms with Crippen molar-refractivity contribution in [3.05, 3.63) is 34.9 Å². The summed E-state index contributed by atoms with van der Waals surface area (Å²) in [4.78, 5) is 27.8. The topological polar surface area (TPSA) is 55.8 Å². The van der Waals surface area contributed by atoms with Crippen molar-refractivity contribution in [2.75, 3.05) is 27.3 Å². The van der Waals surface area contributed by atoms with Gasteiger partial charge in [-0.25, -0.2) is 4.79 Å². The van der Waals surface area contributed by atoms with Crippen LogP contribution in [-0.4, -0.2) is 44.1 Å². The molecule has 1 heterocycles. The molecular weight excluding hydrogens is 426 g/mol. The summed E-state index contributed by atoms with van der Waals surface area (Å²) in [6, 6.07) is 5.42. The Morgan fingerprint density at radius 2 is 1.50 bits per heavy atom. The molecular formula is C29H41NO4. The normalized spacial score (nSPS) is 20.3. The second-order valence-electron chi connectivity index (χ2n) is 10.4. The molecule has 0 atom stereocenters. The van der Waals surface area contributed by atoms with E-state index < -0.39 is 0 Å². The maximum absolute atomic E-state index is 13.8. The molecule has 3 aliphatic rings. The molecule has 1 saturated heterocycles. The highest BCUT2D eigenvalue weighted by Gasteiger charge is 2.39. The van der Waals surface area contributed by atoms with Crippen LogP contribution in [0.25, 0.3) is 6.08 Å².